The van der Waals surface area contributed by atoms with Gasteiger partial charge in [0.05, 0.1) is 12.7 Å². The van der Waals surface area contributed by atoms with Gasteiger partial charge < -0.3 is 24.4 Å². The Balaban J connectivity index is 2.52. The first-order valence-electron chi connectivity index (χ1n) is 5.60. The third kappa shape index (κ3) is 6.45. The number of phenolic OH excluding ortho intramolecular Hbond substituents is 1. The zero-order valence-corrected chi connectivity index (χ0v) is 11.5. The van der Waals surface area contributed by atoms with E-state index in [2.05, 4.69) is 4.52 Å². The predicted molar refractivity (Wildman–Crippen MR) is 67.4 cm³/mol. The maximum absolute atomic E-state index is 10.4. The van der Waals surface area contributed by atoms with Gasteiger partial charge in [-0.2, -0.15) is 0 Å². The molecule has 0 heterocycles. The van der Waals surface area contributed by atoms with E-state index in [-0.39, 0.29) is 30.8 Å². The fraction of sp³-hybridized carbons (Fsp3) is 0.455. The third-order valence-corrected chi connectivity index (χ3v) is 2.42. The monoisotopic (exact) mass is 292 g/mol. The largest absolute Gasteiger partial charge is 0.504 e. The van der Waals surface area contributed by atoms with Crippen LogP contribution in [0, 0.1) is 0 Å². The van der Waals surface area contributed by atoms with E-state index in [1.807, 2.05) is 13.8 Å². The second-order valence-electron chi connectivity index (χ2n) is 3.97. The number of phosphoric acid groups is 1. The summed E-state index contributed by atoms with van der Waals surface area (Å²) in [7, 11) is -4.47. The van der Waals surface area contributed by atoms with Crippen LogP contribution in [0.2, 0.25) is 0 Å². The third-order valence-electron chi connectivity index (χ3n) is 1.91. The Labute approximate surface area is 111 Å². The molecule has 0 aliphatic heterocycles. The summed E-state index contributed by atoms with van der Waals surface area (Å²) in [4.78, 5) is 16.9. The summed E-state index contributed by atoms with van der Waals surface area (Å²) < 4.78 is 25.2. The fourth-order valence-electron chi connectivity index (χ4n) is 1.25. The van der Waals surface area contributed by atoms with Crippen molar-refractivity contribution in [1.82, 2.24) is 0 Å². The number of rotatable bonds is 7. The minimum Gasteiger partial charge on any atom is -0.504 e. The SMILES string of the molecule is CC(C)Oc1cc(OCCOP(=O)(O)O)ccc1O. The molecule has 0 fully saturated rings. The Morgan fingerprint density at radius 3 is 2.53 bits per heavy atom. The number of benzene rings is 1. The molecule has 0 aliphatic rings. The van der Waals surface area contributed by atoms with Crippen LogP contribution in [-0.2, 0) is 9.09 Å². The lowest BCUT2D eigenvalue weighted by molar-refractivity contribution is 0.160. The highest BCUT2D eigenvalue weighted by molar-refractivity contribution is 7.46. The van der Waals surface area contributed by atoms with Crippen molar-refractivity contribution in [3.8, 4) is 17.2 Å². The number of hydrogen-bond acceptors (Lipinski definition) is 5. The number of hydrogen-bond donors (Lipinski definition) is 3. The van der Waals surface area contributed by atoms with E-state index in [0.717, 1.165) is 0 Å². The highest BCUT2D eigenvalue weighted by Crippen LogP contribution is 2.35. The van der Waals surface area contributed by atoms with E-state index < -0.39 is 7.82 Å². The summed E-state index contributed by atoms with van der Waals surface area (Å²) in [6, 6.07) is 4.42. The Morgan fingerprint density at radius 2 is 1.95 bits per heavy atom. The van der Waals surface area contributed by atoms with E-state index in [1.165, 1.54) is 18.2 Å². The maximum atomic E-state index is 10.4. The standard InChI is InChI=1S/C11H17O7P/c1-8(2)18-11-7-9(3-4-10(11)12)16-5-6-17-19(13,14)15/h3-4,7-8,12H,5-6H2,1-2H3,(H2,13,14,15). The smallest absolute Gasteiger partial charge is 0.469 e. The number of aromatic hydroxyl groups is 1. The molecule has 19 heavy (non-hydrogen) atoms. The number of phenols is 1. The van der Waals surface area contributed by atoms with Gasteiger partial charge in [-0.25, -0.2) is 4.57 Å². The van der Waals surface area contributed by atoms with Gasteiger partial charge >= 0.3 is 7.82 Å². The Kier molecular flexibility index (Phi) is 5.62. The molecule has 0 bridgehead atoms. The van der Waals surface area contributed by atoms with Gasteiger partial charge in [-0.05, 0) is 26.0 Å². The summed E-state index contributed by atoms with van der Waals surface area (Å²) in [5.41, 5.74) is 0. The van der Waals surface area contributed by atoms with Crippen molar-refractivity contribution in [3.05, 3.63) is 18.2 Å². The minimum absolute atomic E-state index is 0.00693. The quantitative estimate of drug-likeness (QED) is 0.518. The first-order valence-corrected chi connectivity index (χ1v) is 7.13. The van der Waals surface area contributed by atoms with Crippen LogP contribution >= 0.6 is 7.82 Å². The second-order valence-corrected chi connectivity index (χ2v) is 5.21. The molecule has 0 aromatic heterocycles. The summed E-state index contributed by atoms with van der Waals surface area (Å²) in [6.45, 7) is 3.37. The van der Waals surface area contributed by atoms with Crippen LogP contribution in [0.25, 0.3) is 0 Å². The lowest BCUT2D eigenvalue weighted by atomic mass is 10.3. The molecule has 0 saturated heterocycles. The molecule has 8 heteroatoms. The van der Waals surface area contributed by atoms with E-state index in [0.29, 0.717) is 5.75 Å². The Morgan fingerprint density at radius 1 is 1.26 bits per heavy atom. The zero-order valence-electron chi connectivity index (χ0n) is 10.6. The predicted octanol–water partition coefficient (Wildman–Crippen LogP) is 1.67. The molecule has 1 aromatic rings. The minimum atomic E-state index is -4.47. The molecule has 0 atom stereocenters. The molecule has 1 aromatic carbocycles. The van der Waals surface area contributed by atoms with E-state index in [4.69, 9.17) is 19.3 Å². The summed E-state index contributed by atoms with van der Waals surface area (Å²) in [6.07, 6.45) is -0.0980. The van der Waals surface area contributed by atoms with E-state index in [1.54, 1.807) is 0 Å². The fourth-order valence-corrected chi connectivity index (χ4v) is 1.56. The molecule has 108 valence electrons. The van der Waals surface area contributed by atoms with Gasteiger partial charge in [-0.3, -0.25) is 4.52 Å². The molecule has 0 unspecified atom stereocenters. The van der Waals surface area contributed by atoms with Crippen molar-refractivity contribution >= 4 is 7.82 Å². The molecule has 0 saturated carbocycles. The Bertz CT molecular complexity index is 454. The molecule has 0 aliphatic carbocycles. The van der Waals surface area contributed by atoms with Gasteiger partial charge in [0.25, 0.3) is 0 Å². The average molecular weight is 292 g/mol. The lowest BCUT2D eigenvalue weighted by Crippen LogP contribution is -2.07. The molecule has 1 rings (SSSR count). The van der Waals surface area contributed by atoms with Gasteiger partial charge in [0.1, 0.15) is 12.4 Å². The number of ether oxygens (including phenoxy) is 2. The summed E-state index contributed by atoms with van der Waals surface area (Å²) in [5.74, 6) is 0.679. The second kappa shape index (κ2) is 6.77. The van der Waals surface area contributed by atoms with Gasteiger partial charge in [0.2, 0.25) is 0 Å². The van der Waals surface area contributed by atoms with Gasteiger partial charge in [-0.1, -0.05) is 0 Å². The van der Waals surface area contributed by atoms with E-state index in [9.17, 15) is 9.67 Å². The van der Waals surface area contributed by atoms with Crippen LogP contribution in [0.3, 0.4) is 0 Å². The van der Waals surface area contributed by atoms with E-state index >= 15 is 0 Å². The molecule has 0 spiro atoms. The summed E-state index contributed by atoms with van der Waals surface area (Å²) in [5, 5.41) is 9.55. The normalized spacial score (nSPS) is 11.6. The number of phosphoric ester groups is 1. The van der Waals surface area contributed by atoms with Gasteiger partial charge in [0, 0.05) is 6.07 Å². The molecular weight excluding hydrogens is 275 g/mol. The van der Waals surface area contributed by atoms with Crippen LogP contribution in [0.5, 0.6) is 17.2 Å². The van der Waals surface area contributed by atoms with Gasteiger partial charge in [0.15, 0.2) is 11.5 Å². The van der Waals surface area contributed by atoms with Crippen LogP contribution in [0.15, 0.2) is 18.2 Å². The molecule has 0 amide bonds. The van der Waals surface area contributed by atoms with Crippen molar-refractivity contribution in [2.45, 2.75) is 20.0 Å². The topological polar surface area (TPSA) is 105 Å². The van der Waals surface area contributed by atoms with Crippen LogP contribution < -0.4 is 9.47 Å². The molecule has 3 N–H and O–H groups in total. The summed E-state index contributed by atoms with van der Waals surface area (Å²) >= 11 is 0. The molecular formula is C11H17O7P. The maximum Gasteiger partial charge on any atom is 0.469 e. The van der Waals surface area contributed by atoms with Crippen molar-refractivity contribution in [2.75, 3.05) is 13.2 Å². The highest BCUT2D eigenvalue weighted by atomic mass is 31.2. The highest BCUT2D eigenvalue weighted by Gasteiger charge is 2.13. The van der Waals surface area contributed by atoms with Crippen molar-refractivity contribution in [2.24, 2.45) is 0 Å². The van der Waals surface area contributed by atoms with Crippen molar-refractivity contribution < 1.29 is 33.5 Å². The van der Waals surface area contributed by atoms with Crippen molar-refractivity contribution in [1.29, 1.82) is 0 Å². The van der Waals surface area contributed by atoms with Crippen LogP contribution in [-0.4, -0.2) is 34.2 Å². The Hall–Kier alpha value is -1.27. The van der Waals surface area contributed by atoms with Crippen LogP contribution in [0.1, 0.15) is 13.8 Å². The first kappa shape index (κ1) is 15.8. The average Bonchev–Trinajstić information content (AvgIpc) is 2.26. The molecule has 7 nitrogen and oxygen atoms in total. The lowest BCUT2D eigenvalue weighted by Gasteiger charge is -2.13. The zero-order chi connectivity index (χ0) is 14.5. The molecule has 0 radical (unpaired) electrons. The first-order chi connectivity index (χ1) is 8.78. The van der Waals surface area contributed by atoms with Crippen molar-refractivity contribution in [3.63, 3.8) is 0 Å². The van der Waals surface area contributed by atoms with Crippen LogP contribution in [0.4, 0.5) is 0 Å². The van der Waals surface area contributed by atoms with Gasteiger partial charge in [-0.15, -0.1) is 0 Å².